The molecule has 2 heteroatoms. The summed E-state index contributed by atoms with van der Waals surface area (Å²) < 4.78 is 0. The predicted octanol–water partition coefficient (Wildman–Crippen LogP) is 5.37. The highest BCUT2D eigenvalue weighted by Crippen LogP contribution is 2.33. The van der Waals surface area contributed by atoms with E-state index in [-0.39, 0.29) is 5.41 Å². The Balaban J connectivity index is 3.22. The quantitative estimate of drug-likeness (QED) is 0.761. The van der Waals surface area contributed by atoms with Gasteiger partial charge < -0.3 is 4.98 Å². The van der Waals surface area contributed by atoms with Crippen molar-refractivity contribution in [1.82, 2.24) is 9.97 Å². The van der Waals surface area contributed by atoms with Crippen LogP contribution in [-0.4, -0.2) is 9.97 Å². The molecule has 0 amide bonds. The van der Waals surface area contributed by atoms with Crippen LogP contribution in [0.1, 0.15) is 97.3 Å². The second kappa shape index (κ2) is 6.11. The van der Waals surface area contributed by atoms with Gasteiger partial charge in [-0.05, 0) is 12.3 Å². The summed E-state index contributed by atoms with van der Waals surface area (Å²) in [6.07, 6.45) is 2.43. The van der Waals surface area contributed by atoms with Crippen LogP contribution in [0.4, 0.5) is 0 Å². The van der Waals surface area contributed by atoms with E-state index in [2.05, 4.69) is 60.4 Å². The molecule has 0 bridgehead atoms. The Morgan fingerprint density at radius 1 is 1.11 bits per heavy atom. The monoisotopic (exact) mass is 264 g/mol. The first-order valence-electron chi connectivity index (χ1n) is 7.78. The van der Waals surface area contributed by atoms with Gasteiger partial charge in [-0.15, -0.1) is 0 Å². The summed E-state index contributed by atoms with van der Waals surface area (Å²) in [5.41, 5.74) is 2.75. The molecule has 1 N–H and O–H groups in total. The number of hydrogen-bond donors (Lipinski definition) is 1. The fraction of sp³-hybridized carbons (Fsp3) is 0.824. The van der Waals surface area contributed by atoms with Crippen LogP contribution in [0.2, 0.25) is 0 Å². The van der Waals surface area contributed by atoms with Gasteiger partial charge in [-0.1, -0.05) is 61.8 Å². The molecule has 0 saturated carbocycles. The lowest BCUT2D eigenvalue weighted by molar-refractivity contribution is 0.509. The van der Waals surface area contributed by atoms with Gasteiger partial charge in [-0.2, -0.15) is 0 Å². The standard InChI is InChI=1S/C17H32N2/c1-9-10-12(4)14-15(13(5)11(2)3)19-16(18-14)17(6,7)8/h11-13H,9-10H2,1-8H3,(H,18,19). The van der Waals surface area contributed by atoms with E-state index in [1.54, 1.807) is 0 Å². The van der Waals surface area contributed by atoms with E-state index in [1.807, 2.05) is 0 Å². The predicted molar refractivity (Wildman–Crippen MR) is 83.9 cm³/mol. The van der Waals surface area contributed by atoms with Crippen LogP contribution in [0.25, 0.3) is 0 Å². The lowest BCUT2D eigenvalue weighted by Gasteiger charge is -2.18. The normalized spacial score (nSPS) is 15.8. The molecule has 2 atom stereocenters. The van der Waals surface area contributed by atoms with Crippen molar-refractivity contribution < 1.29 is 0 Å². The van der Waals surface area contributed by atoms with Gasteiger partial charge in [0.25, 0.3) is 0 Å². The molecule has 0 aliphatic carbocycles. The lowest BCUT2D eigenvalue weighted by atomic mass is 9.89. The fourth-order valence-electron chi connectivity index (χ4n) is 2.38. The van der Waals surface area contributed by atoms with Gasteiger partial charge in [0, 0.05) is 22.9 Å². The molecule has 0 saturated heterocycles. The van der Waals surface area contributed by atoms with Crippen LogP contribution >= 0.6 is 0 Å². The van der Waals surface area contributed by atoms with E-state index in [1.165, 1.54) is 24.2 Å². The molecule has 0 aliphatic heterocycles. The zero-order chi connectivity index (χ0) is 14.8. The molecule has 0 aliphatic rings. The number of rotatable bonds is 5. The second-order valence-corrected chi connectivity index (χ2v) is 7.36. The molecule has 0 aromatic carbocycles. The average molecular weight is 264 g/mol. The number of nitrogens with zero attached hydrogens (tertiary/aromatic N) is 1. The van der Waals surface area contributed by atoms with E-state index in [0.29, 0.717) is 17.8 Å². The van der Waals surface area contributed by atoms with Crippen molar-refractivity contribution in [3.63, 3.8) is 0 Å². The first-order chi connectivity index (χ1) is 8.68. The van der Waals surface area contributed by atoms with Crippen molar-refractivity contribution in [2.24, 2.45) is 5.92 Å². The topological polar surface area (TPSA) is 28.7 Å². The molecule has 0 fully saturated rings. The maximum absolute atomic E-state index is 4.95. The molecule has 1 heterocycles. The summed E-state index contributed by atoms with van der Waals surface area (Å²) in [6.45, 7) is 18.1. The molecule has 1 rings (SSSR count). The van der Waals surface area contributed by atoms with Crippen molar-refractivity contribution in [3.8, 4) is 0 Å². The SMILES string of the molecule is CCCC(C)c1nc(C(C)(C)C)[nH]c1C(C)C(C)C. The van der Waals surface area contributed by atoms with Crippen LogP contribution in [0.3, 0.4) is 0 Å². The smallest absolute Gasteiger partial charge is 0.112 e. The lowest BCUT2D eigenvalue weighted by Crippen LogP contribution is -2.13. The van der Waals surface area contributed by atoms with Crippen LogP contribution in [0.5, 0.6) is 0 Å². The molecule has 1 aromatic rings. The number of aromatic nitrogens is 2. The number of H-pyrrole nitrogens is 1. The van der Waals surface area contributed by atoms with Gasteiger partial charge in [0.05, 0.1) is 5.69 Å². The molecule has 110 valence electrons. The minimum absolute atomic E-state index is 0.0929. The zero-order valence-electron chi connectivity index (χ0n) is 14.1. The van der Waals surface area contributed by atoms with E-state index < -0.39 is 0 Å². The minimum Gasteiger partial charge on any atom is -0.345 e. The Hall–Kier alpha value is -0.790. The first-order valence-corrected chi connectivity index (χ1v) is 7.78. The Morgan fingerprint density at radius 3 is 2.11 bits per heavy atom. The first kappa shape index (κ1) is 16.3. The molecule has 2 unspecified atom stereocenters. The summed E-state index contributed by atoms with van der Waals surface area (Å²) in [5, 5.41) is 0. The molecule has 19 heavy (non-hydrogen) atoms. The third kappa shape index (κ3) is 3.84. The Morgan fingerprint density at radius 2 is 1.68 bits per heavy atom. The summed E-state index contributed by atoms with van der Waals surface area (Å²) in [4.78, 5) is 8.58. The van der Waals surface area contributed by atoms with Crippen LogP contribution in [-0.2, 0) is 5.41 Å². The minimum atomic E-state index is 0.0929. The van der Waals surface area contributed by atoms with Gasteiger partial charge in [0.15, 0.2) is 0 Å². The van der Waals surface area contributed by atoms with Crippen molar-refractivity contribution in [2.75, 3.05) is 0 Å². The van der Waals surface area contributed by atoms with Crippen molar-refractivity contribution in [3.05, 3.63) is 17.2 Å². The van der Waals surface area contributed by atoms with Gasteiger partial charge in [0.1, 0.15) is 5.82 Å². The summed E-state index contributed by atoms with van der Waals surface area (Å²) in [6, 6.07) is 0. The Labute approximate surface area is 119 Å². The highest BCUT2D eigenvalue weighted by Gasteiger charge is 2.26. The van der Waals surface area contributed by atoms with E-state index in [0.717, 1.165) is 5.82 Å². The molecule has 0 radical (unpaired) electrons. The molecule has 0 spiro atoms. The summed E-state index contributed by atoms with van der Waals surface area (Å²) >= 11 is 0. The third-order valence-electron chi connectivity index (χ3n) is 4.12. The van der Waals surface area contributed by atoms with Crippen LogP contribution in [0.15, 0.2) is 0 Å². The summed E-state index contributed by atoms with van der Waals surface area (Å²) in [7, 11) is 0. The Bertz CT molecular complexity index is 396. The highest BCUT2D eigenvalue weighted by molar-refractivity contribution is 5.25. The molecular formula is C17H32N2. The average Bonchev–Trinajstić information content (AvgIpc) is 2.72. The zero-order valence-corrected chi connectivity index (χ0v) is 14.1. The molecular weight excluding hydrogens is 232 g/mol. The van der Waals surface area contributed by atoms with Crippen molar-refractivity contribution in [1.29, 1.82) is 0 Å². The largest absolute Gasteiger partial charge is 0.345 e. The highest BCUT2D eigenvalue weighted by atomic mass is 15.0. The van der Waals surface area contributed by atoms with Gasteiger partial charge in [0.2, 0.25) is 0 Å². The van der Waals surface area contributed by atoms with E-state index >= 15 is 0 Å². The number of aromatic amines is 1. The number of nitrogens with one attached hydrogen (secondary N) is 1. The fourth-order valence-corrected chi connectivity index (χ4v) is 2.38. The second-order valence-electron chi connectivity index (χ2n) is 7.36. The van der Waals surface area contributed by atoms with E-state index in [4.69, 9.17) is 4.98 Å². The van der Waals surface area contributed by atoms with Crippen LogP contribution < -0.4 is 0 Å². The number of imidazole rings is 1. The maximum Gasteiger partial charge on any atom is 0.112 e. The van der Waals surface area contributed by atoms with E-state index in [9.17, 15) is 0 Å². The van der Waals surface area contributed by atoms with Gasteiger partial charge in [-0.3, -0.25) is 0 Å². The summed E-state index contributed by atoms with van der Waals surface area (Å²) in [5.74, 6) is 2.86. The Kier molecular flexibility index (Phi) is 5.23. The van der Waals surface area contributed by atoms with Gasteiger partial charge in [-0.25, -0.2) is 4.98 Å². The third-order valence-corrected chi connectivity index (χ3v) is 4.12. The van der Waals surface area contributed by atoms with Crippen LogP contribution in [0, 0.1) is 5.92 Å². The van der Waals surface area contributed by atoms with Crippen molar-refractivity contribution in [2.45, 2.75) is 85.5 Å². The molecule has 1 aromatic heterocycles. The maximum atomic E-state index is 4.95. The number of hydrogen-bond acceptors (Lipinski definition) is 1. The van der Waals surface area contributed by atoms with Crippen molar-refractivity contribution >= 4 is 0 Å². The van der Waals surface area contributed by atoms with Gasteiger partial charge >= 0.3 is 0 Å². The molecule has 2 nitrogen and oxygen atoms in total.